The molecule has 0 heterocycles. The first kappa shape index (κ1) is 16.9. The van der Waals surface area contributed by atoms with E-state index >= 15 is 0 Å². The largest absolute Gasteiger partial charge is 0.489 e. The van der Waals surface area contributed by atoms with Crippen molar-refractivity contribution in [3.05, 3.63) is 70.5 Å². The Balaban J connectivity index is 1.93. The van der Waals surface area contributed by atoms with E-state index in [4.69, 9.17) is 16.3 Å². The summed E-state index contributed by atoms with van der Waals surface area (Å²) in [7, 11) is 0. The highest BCUT2D eigenvalue weighted by Gasteiger charge is 2.01. The Morgan fingerprint density at radius 1 is 1.14 bits per heavy atom. The molecule has 2 aromatic rings. The van der Waals surface area contributed by atoms with E-state index in [9.17, 15) is 4.39 Å². The molecular formula is C18H18ClFOS. The molecule has 1 nitrogen and oxygen atoms in total. The van der Waals surface area contributed by atoms with Crippen molar-refractivity contribution < 1.29 is 9.13 Å². The third kappa shape index (κ3) is 5.39. The lowest BCUT2D eigenvalue weighted by Gasteiger charge is -2.09. The van der Waals surface area contributed by atoms with Crippen LogP contribution in [0, 0.1) is 0 Å². The molecule has 4 heteroatoms. The average molecular weight is 337 g/mol. The Labute approximate surface area is 140 Å². The summed E-state index contributed by atoms with van der Waals surface area (Å²) < 4.78 is 18.6. The fourth-order valence-electron chi connectivity index (χ4n) is 1.71. The lowest BCUT2D eigenvalue weighted by molar-refractivity contribution is 0.346. The highest BCUT2D eigenvalue weighted by atomic mass is 35.5. The van der Waals surface area contributed by atoms with Gasteiger partial charge in [-0.15, -0.1) is 11.8 Å². The molecule has 116 valence electrons. The molecule has 0 aliphatic carbocycles. The molecule has 0 atom stereocenters. The summed E-state index contributed by atoms with van der Waals surface area (Å²) in [5.74, 6) is 1.42. The van der Waals surface area contributed by atoms with Gasteiger partial charge in [-0.3, -0.25) is 0 Å². The van der Waals surface area contributed by atoms with Crippen LogP contribution in [0.1, 0.15) is 19.4 Å². The van der Waals surface area contributed by atoms with Gasteiger partial charge in [-0.25, -0.2) is 4.39 Å². The maximum absolute atomic E-state index is 13.0. The SMILES string of the molecule is CC(F)=C(C)COc1cccc(CSc2ccc(Cl)cc2)c1. The second-order valence-electron chi connectivity index (χ2n) is 4.99. The summed E-state index contributed by atoms with van der Waals surface area (Å²) in [6.07, 6.45) is 0. The van der Waals surface area contributed by atoms with E-state index in [0.29, 0.717) is 5.57 Å². The van der Waals surface area contributed by atoms with Crippen LogP contribution in [-0.4, -0.2) is 6.61 Å². The maximum Gasteiger partial charge on any atom is 0.120 e. The van der Waals surface area contributed by atoms with Gasteiger partial charge in [0.15, 0.2) is 0 Å². The van der Waals surface area contributed by atoms with Crippen LogP contribution in [0.5, 0.6) is 5.75 Å². The van der Waals surface area contributed by atoms with Crippen LogP contribution in [0.2, 0.25) is 5.02 Å². The number of benzene rings is 2. The van der Waals surface area contributed by atoms with Gasteiger partial charge in [-0.05, 0) is 61.4 Å². The van der Waals surface area contributed by atoms with Crippen molar-refractivity contribution in [2.75, 3.05) is 6.61 Å². The molecule has 0 bridgehead atoms. The Morgan fingerprint density at radius 3 is 2.55 bits per heavy atom. The highest BCUT2D eigenvalue weighted by Crippen LogP contribution is 2.26. The highest BCUT2D eigenvalue weighted by molar-refractivity contribution is 7.98. The second kappa shape index (κ2) is 8.25. The van der Waals surface area contributed by atoms with Gasteiger partial charge >= 0.3 is 0 Å². The monoisotopic (exact) mass is 336 g/mol. The van der Waals surface area contributed by atoms with E-state index in [1.54, 1.807) is 18.7 Å². The fraction of sp³-hybridized carbons (Fsp3) is 0.222. The molecule has 0 saturated carbocycles. The molecule has 0 radical (unpaired) electrons. The van der Waals surface area contributed by atoms with Crippen LogP contribution in [0.15, 0.2) is 64.8 Å². The topological polar surface area (TPSA) is 9.23 Å². The van der Waals surface area contributed by atoms with Crippen molar-refractivity contribution in [3.63, 3.8) is 0 Å². The minimum absolute atomic E-state index is 0.186. The molecule has 0 aliphatic heterocycles. The molecule has 0 amide bonds. The molecule has 2 rings (SSSR count). The lowest BCUT2D eigenvalue weighted by Crippen LogP contribution is -2.00. The zero-order valence-electron chi connectivity index (χ0n) is 12.6. The van der Waals surface area contributed by atoms with Gasteiger partial charge in [-0.2, -0.15) is 0 Å². The first-order chi connectivity index (χ1) is 10.5. The summed E-state index contributed by atoms with van der Waals surface area (Å²) in [6.45, 7) is 3.45. The summed E-state index contributed by atoms with van der Waals surface area (Å²) in [5, 5.41) is 0.742. The number of halogens is 2. The molecular weight excluding hydrogens is 319 g/mol. The minimum atomic E-state index is -0.186. The average Bonchev–Trinajstić information content (AvgIpc) is 2.52. The Kier molecular flexibility index (Phi) is 6.34. The van der Waals surface area contributed by atoms with Crippen LogP contribution in [0.25, 0.3) is 0 Å². The zero-order valence-corrected chi connectivity index (χ0v) is 14.2. The molecule has 0 saturated heterocycles. The first-order valence-electron chi connectivity index (χ1n) is 6.96. The van der Waals surface area contributed by atoms with Gasteiger partial charge in [0.25, 0.3) is 0 Å². The third-order valence-corrected chi connectivity index (χ3v) is 4.50. The Bertz CT molecular complexity index is 648. The number of hydrogen-bond donors (Lipinski definition) is 0. The van der Waals surface area contributed by atoms with E-state index in [0.717, 1.165) is 22.1 Å². The molecule has 0 aromatic heterocycles. The quantitative estimate of drug-likeness (QED) is 0.574. The van der Waals surface area contributed by atoms with Gasteiger partial charge in [0.2, 0.25) is 0 Å². The van der Waals surface area contributed by atoms with Crippen molar-refractivity contribution in [3.8, 4) is 5.75 Å². The second-order valence-corrected chi connectivity index (χ2v) is 6.48. The number of hydrogen-bond acceptors (Lipinski definition) is 2. The molecule has 0 spiro atoms. The van der Waals surface area contributed by atoms with Crippen LogP contribution >= 0.6 is 23.4 Å². The van der Waals surface area contributed by atoms with Gasteiger partial charge < -0.3 is 4.74 Å². The van der Waals surface area contributed by atoms with Crippen LogP contribution < -0.4 is 4.74 Å². The summed E-state index contributed by atoms with van der Waals surface area (Å²) >= 11 is 7.61. The van der Waals surface area contributed by atoms with Crippen molar-refractivity contribution in [1.82, 2.24) is 0 Å². The van der Waals surface area contributed by atoms with Crippen molar-refractivity contribution in [2.45, 2.75) is 24.5 Å². The Morgan fingerprint density at radius 2 is 1.86 bits per heavy atom. The number of allylic oxidation sites excluding steroid dienone is 1. The lowest BCUT2D eigenvalue weighted by atomic mass is 10.2. The third-order valence-electron chi connectivity index (χ3n) is 3.16. The summed E-state index contributed by atoms with van der Waals surface area (Å²) in [6, 6.07) is 15.7. The van der Waals surface area contributed by atoms with Crippen molar-refractivity contribution >= 4 is 23.4 Å². The molecule has 2 aromatic carbocycles. The molecule has 0 aliphatic rings. The normalized spacial score (nSPS) is 12.0. The minimum Gasteiger partial charge on any atom is -0.489 e. The molecule has 0 unspecified atom stereocenters. The predicted octanol–water partition coefficient (Wildman–Crippen LogP) is 6.27. The number of ether oxygens (including phenoxy) is 1. The first-order valence-corrected chi connectivity index (χ1v) is 8.33. The molecule has 0 N–H and O–H groups in total. The standard InChI is InChI=1S/C18H18ClFOS/c1-13(14(2)20)11-21-17-5-3-4-15(10-17)12-22-18-8-6-16(19)7-9-18/h3-10H,11-12H2,1-2H3. The number of rotatable bonds is 6. The summed E-state index contributed by atoms with van der Waals surface area (Å²) in [4.78, 5) is 1.17. The van der Waals surface area contributed by atoms with E-state index in [1.807, 2.05) is 42.5 Å². The fourth-order valence-corrected chi connectivity index (χ4v) is 2.68. The van der Waals surface area contributed by atoms with Gasteiger partial charge in [-0.1, -0.05) is 23.7 Å². The van der Waals surface area contributed by atoms with Crippen LogP contribution in [0.4, 0.5) is 4.39 Å². The van der Waals surface area contributed by atoms with E-state index in [-0.39, 0.29) is 12.4 Å². The maximum atomic E-state index is 13.0. The predicted molar refractivity (Wildman–Crippen MR) is 92.4 cm³/mol. The van der Waals surface area contributed by atoms with Crippen LogP contribution in [-0.2, 0) is 5.75 Å². The van der Waals surface area contributed by atoms with Crippen molar-refractivity contribution in [2.24, 2.45) is 0 Å². The van der Waals surface area contributed by atoms with Crippen LogP contribution in [0.3, 0.4) is 0 Å². The van der Waals surface area contributed by atoms with Gasteiger partial charge in [0.05, 0.1) is 5.83 Å². The Hall–Kier alpha value is -1.45. The summed E-state index contributed by atoms with van der Waals surface area (Å²) in [5.41, 5.74) is 1.77. The van der Waals surface area contributed by atoms with E-state index in [2.05, 4.69) is 6.07 Å². The van der Waals surface area contributed by atoms with E-state index in [1.165, 1.54) is 11.8 Å². The zero-order chi connectivity index (χ0) is 15.9. The smallest absolute Gasteiger partial charge is 0.120 e. The molecule has 0 fully saturated rings. The number of thioether (sulfide) groups is 1. The molecule has 22 heavy (non-hydrogen) atoms. The van der Waals surface area contributed by atoms with Crippen molar-refractivity contribution in [1.29, 1.82) is 0 Å². The van der Waals surface area contributed by atoms with Gasteiger partial charge in [0.1, 0.15) is 12.4 Å². The van der Waals surface area contributed by atoms with Gasteiger partial charge in [0, 0.05) is 15.7 Å². The van der Waals surface area contributed by atoms with E-state index < -0.39 is 0 Å².